The molecule has 1 atom stereocenters. The van der Waals surface area contributed by atoms with Crippen molar-refractivity contribution in [2.75, 3.05) is 0 Å². The minimum atomic E-state index is -1.07. The molecule has 0 bridgehead atoms. The molecule has 1 unspecified atom stereocenters. The fourth-order valence-corrected chi connectivity index (χ4v) is 2.67. The van der Waals surface area contributed by atoms with Gasteiger partial charge in [-0.1, -0.05) is 36.4 Å². The van der Waals surface area contributed by atoms with E-state index in [0.717, 1.165) is 34.5 Å². The summed E-state index contributed by atoms with van der Waals surface area (Å²) in [5.41, 5.74) is 1.77. The van der Waals surface area contributed by atoms with Gasteiger partial charge in [0.05, 0.1) is 0 Å². The van der Waals surface area contributed by atoms with Gasteiger partial charge in [0.15, 0.2) is 0 Å². The molecule has 3 rings (SSSR count). The molecular weight excluding hydrogens is 270 g/mol. The van der Waals surface area contributed by atoms with Crippen molar-refractivity contribution in [3.63, 3.8) is 0 Å². The zero-order valence-corrected chi connectivity index (χ0v) is 11.5. The van der Waals surface area contributed by atoms with Crippen LogP contribution in [-0.2, 0) is 0 Å². The smallest absolute Gasteiger partial charge is 0.126 e. The second kappa shape index (κ2) is 5.26. The third-order valence-electron chi connectivity index (χ3n) is 3.66. The number of aliphatic hydroxyl groups is 1. The molecule has 0 saturated carbocycles. The van der Waals surface area contributed by atoms with Crippen molar-refractivity contribution < 1.29 is 13.9 Å². The van der Waals surface area contributed by atoms with Crippen LogP contribution in [0.15, 0.2) is 54.6 Å². The summed E-state index contributed by atoms with van der Waals surface area (Å²) in [7, 11) is 0. The number of hydrogen-bond donors (Lipinski definition) is 1. The maximum Gasteiger partial charge on any atom is 0.126 e. The van der Waals surface area contributed by atoms with Crippen LogP contribution in [0.1, 0.15) is 22.8 Å². The van der Waals surface area contributed by atoms with Gasteiger partial charge in [-0.15, -0.1) is 0 Å². The van der Waals surface area contributed by atoms with Crippen molar-refractivity contribution in [1.82, 2.24) is 0 Å². The predicted octanol–water partition coefficient (Wildman–Crippen LogP) is 4.51. The average Bonchev–Trinajstić information content (AvgIpc) is 2.45. The van der Waals surface area contributed by atoms with E-state index in [9.17, 15) is 13.9 Å². The first-order valence-electron chi connectivity index (χ1n) is 6.68. The lowest BCUT2D eigenvalue weighted by molar-refractivity contribution is 0.220. The first-order valence-corrected chi connectivity index (χ1v) is 6.68. The number of aliphatic hydroxyl groups excluding tert-OH is 1. The number of fused-ring (bicyclic) bond motifs is 1. The highest BCUT2D eigenvalue weighted by Crippen LogP contribution is 2.32. The van der Waals surface area contributed by atoms with Crippen molar-refractivity contribution in [1.29, 1.82) is 0 Å². The van der Waals surface area contributed by atoms with E-state index in [2.05, 4.69) is 0 Å². The summed E-state index contributed by atoms with van der Waals surface area (Å²) in [6.45, 7) is 1.88. The lowest BCUT2D eigenvalue weighted by Crippen LogP contribution is -2.04. The molecule has 0 amide bonds. The first-order chi connectivity index (χ1) is 10.1. The van der Waals surface area contributed by atoms with E-state index in [0.29, 0.717) is 5.56 Å². The van der Waals surface area contributed by atoms with E-state index < -0.39 is 17.7 Å². The molecule has 0 aliphatic rings. The minimum Gasteiger partial charge on any atom is -0.384 e. The van der Waals surface area contributed by atoms with Gasteiger partial charge in [-0.2, -0.15) is 0 Å². The Morgan fingerprint density at radius 2 is 1.57 bits per heavy atom. The van der Waals surface area contributed by atoms with E-state index in [-0.39, 0.29) is 5.56 Å². The summed E-state index contributed by atoms with van der Waals surface area (Å²) in [6, 6.07) is 14.6. The highest BCUT2D eigenvalue weighted by molar-refractivity contribution is 5.87. The Morgan fingerprint density at radius 1 is 0.905 bits per heavy atom. The van der Waals surface area contributed by atoms with Crippen molar-refractivity contribution in [3.05, 3.63) is 82.9 Å². The quantitative estimate of drug-likeness (QED) is 0.734. The molecule has 1 nitrogen and oxygen atoms in total. The summed E-state index contributed by atoms with van der Waals surface area (Å²) in [5.74, 6) is -1.39. The van der Waals surface area contributed by atoms with E-state index in [1.807, 2.05) is 43.3 Å². The van der Waals surface area contributed by atoms with Crippen molar-refractivity contribution in [2.45, 2.75) is 13.0 Å². The molecule has 0 heterocycles. The van der Waals surface area contributed by atoms with Crippen LogP contribution in [0.3, 0.4) is 0 Å². The van der Waals surface area contributed by atoms with Crippen LogP contribution in [0.4, 0.5) is 8.78 Å². The van der Waals surface area contributed by atoms with Crippen LogP contribution in [0.5, 0.6) is 0 Å². The maximum absolute atomic E-state index is 13.4. The third-order valence-corrected chi connectivity index (χ3v) is 3.66. The number of benzene rings is 3. The highest BCUT2D eigenvalue weighted by atomic mass is 19.1. The van der Waals surface area contributed by atoms with Crippen molar-refractivity contribution in [3.8, 4) is 0 Å². The maximum atomic E-state index is 13.4. The Balaban J connectivity index is 2.21. The number of hydrogen-bond acceptors (Lipinski definition) is 1. The molecule has 0 fully saturated rings. The van der Waals surface area contributed by atoms with Gasteiger partial charge < -0.3 is 5.11 Å². The summed E-state index contributed by atoms with van der Waals surface area (Å²) in [6.07, 6.45) is -1.07. The summed E-state index contributed by atoms with van der Waals surface area (Å²) in [5, 5.41) is 12.5. The van der Waals surface area contributed by atoms with Crippen molar-refractivity contribution in [2.24, 2.45) is 0 Å². The first kappa shape index (κ1) is 13.7. The van der Waals surface area contributed by atoms with Gasteiger partial charge in [0.2, 0.25) is 0 Å². The fraction of sp³-hybridized carbons (Fsp3) is 0.111. The highest BCUT2D eigenvalue weighted by Gasteiger charge is 2.17. The molecule has 0 aliphatic carbocycles. The Labute approximate surface area is 121 Å². The topological polar surface area (TPSA) is 20.2 Å². The van der Waals surface area contributed by atoms with Gasteiger partial charge in [-0.3, -0.25) is 0 Å². The molecular formula is C18H14F2O. The normalized spacial score (nSPS) is 12.6. The monoisotopic (exact) mass is 284 g/mol. The average molecular weight is 284 g/mol. The zero-order chi connectivity index (χ0) is 15.0. The van der Waals surface area contributed by atoms with Gasteiger partial charge >= 0.3 is 0 Å². The van der Waals surface area contributed by atoms with Gasteiger partial charge in [0, 0.05) is 6.07 Å². The van der Waals surface area contributed by atoms with E-state index >= 15 is 0 Å². The third kappa shape index (κ3) is 2.52. The molecule has 3 heteroatoms. The summed E-state index contributed by atoms with van der Waals surface area (Å²) >= 11 is 0. The second-order valence-corrected chi connectivity index (χ2v) is 5.12. The van der Waals surface area contributed by atoms with Crippen LogP contribution in [0, 0.1) is 18.6 Å². The number of halogens is 2. The Kier molecular flexibility index (Phi) is 3.43. The van der Waals surface area contributed by atoms with Crippen molar-refractivity contribution >= 4 is 10.8 Å². The lowest BCUT2D eigenvalue weighted by Gasteiger charge is -2.17. The summed E-state index contributed by atoms with van der Waals surface area (Å²) < 4.78 is 26.7. The molecule has 3 aromatic carbocycles. The van der Waals surface area contributed by atoms with Gasteiger partial charge in [0.1, 0.15) is 17.7 Å². The van der Waals surface area contributed by atoms with Crippen LogP contribution >= 0.6 is 0 Å². The second-order valence-electron chi connectivity index (χ2n) is 5.12. The molecule has 0 saturated heterocycles. The zero-order valence-electron chi connectivity index (χ0n) is 11.5. The SMILES string of the molecule is Cc1ccc2ccccc2c1C(O)c1cc(F)cc(F)c1. The van der Waals surface area contributed by atoms with E-state index in [4.69, 9.17) is 0 Å². The minimum absolute atomic E-state index is 0.215. The number of aryl methyl sites for hydroxylation is 1. The van der Waals surface area contributed by atoms with E-state index in [1.165, 1.54) is 0 Å². The lowest BCUT2D eigenvalue weighted by atomic mass is 9.92. The van der Waals surface area contributed by atoms with Crippen LogP contribution in [-0.4, -0.2) is 5.11 Å². The van der Waals surface area contributed by atoms with Gasteiger partial charge in [-0.25, -0.2) is 8.78 Å². The van der Waals surface area contributed by atoms with Crippen LogP contribution in [0.25, 0.3) is 10.8 Å². The Bertz CT molecular complexity index is 791. The molecule has 21 heavy (non-hydrogen) atoms. The van der Waals surface area contributed by atoms with Crippen LogP contribution in [0.2, 0.25) is 0 Å². The number of rotatable bonds is 2. The molecule has 106 valence electrons. The Morgan fingerprint density at radius 3 is 2.29 bits per heavy atom. The molecule has 3 aromatic rings. The largest absolute Gasteiger partial charge is 0.384 e. The molecule has 0 aliphatic heterocycles. The summed E-state index contributed by atoms with van der Waals surface area (Å²) in [4.78, 5) is 0. The van der Waals surface area contributed by atoms with Gasteiger partial charge in [-0.05, 0) is 46.5 Å². The fourth-order valence-electron chi connectivity index (χ4n) is 2.67. The molecule has 0 aromatic heterocycles. The molecule has 0 radical (unpaired) electrons. The Hall–Kier alpha value is -2.26. The van der Waals surface area contributed by atoms with E-state index in [1.54, 1.807) is 0 Å². The predicted molar refractivity (Wildman–Crippen MR) is 79.1 cm³/mol. The van der Waals surface area contributed by atoms with Gasteiger partial charge in [0.25, 0.3) is 0 Å². The standard InChI is InChI=1S/C18H14F2O/c1-11-6-7-12-4-2-3-5-16(12)17(11)18(21)13-8-14(19)10-15(20)9-13/h2-10,18,21H,1H3. The molecule has 0 spiro atoms. The van der Waals surface area contributed by atoms with Crippen LogP contribution < -0.4 is 0 Å². The molecule has 1 N–H and O–H groups in total.